The van der Waals surface area contributed by atoms with Gasteiger partial charge in [0.25, 0.3) is 0 Å². The normalized spacial score (nSPS) is 20.5. The highest BCUT2D eigenvalue weighted by Gasteiger charge is 2.20. The van der Waals surface area contributed by atoms with Crippen LogP contribution in [-0.2, 0) is 0 Å². The van der Waals surface area contributed by atoms with Crippen LogP contribution in [0.25, 0.3) is 0 Å². The molecule has 1 heterocycles. The van der Waals surface area contributed by atoms with Gasteiger partial charge in [0.15, 0.2) is 0 Å². The van der Waals surface area contributed by atoms with Gasteiger partial charge >= 0.3 is 0 Å². The molecule has 2 heteroatoms. The molecule has 1 aliphatic heterocycles. The molecule has 0 aliphatic carbocycles. The Morgan fingerprint density at radius 3 is 2.35 bits per heavy atom. The van der Waals surface area contributed by atoms with E-state index in [1.54, 1.807) is 0 Å². The molecule has 1 unspecified atom stereocenters. The highest BCUT2D eigenvalue weighted by Crippen LogP contribution is 2.21. The predicted octanol–water partition coefficient (Wildman–Crippen LogP) is 4.89. The van der Waals surface area contributed by atoms with E-state index in [0.717, 1.165) is 5.92 Å². The van der Waals surface area contributed by atoms with E-state index in [1.165, 1.54) is 77.4 Å². The SMILES string of the molecule is CCCCCCCN1CCC(CCCC)C1.Cl. The zero-order valence-corrected chi connectivity index (χ0v) is 12.7. The Morgan fingerprint density at radius 2 is 1.65 bits per heavy atom. The first-order valence-corrected chi connectivity index (χ1v) is 7.59. The van der Waals surface area contributed by atoms with Gasteiger partial charge in [-0.25, -0.2) is 0 Å². The van der Waals surface area contributed by atoms with Crippen molar-refractivity contribution in [3.8, 4) is 0 Å². The molecule has 0 aromatic carbocycles. The summed E-state index contributed by atoms with van der Waals surface area (Å²) >= 11 is 0. The Kier molecular flexibility index (Phi) is 11.5. The van der Waals surface area contributed by atoms with E-state index in [0.29, 0.717) is 0 Å². The minimum Gasteiger partial charge on any atom is -0.303 e. The van der Waals surface area contributed by atoms with Crippen LogP contribution in [0.15, 0.2) is 0 Å². The van der Waals surface area contributed by atoms with Gasteiger partial charge in [-0.1, -0.05) is 52.4 Å². The van der Waals surface area contributed by atoms with Gasteiger partial charge in [0, 0.05) is 6.54 Å². The molecule has 17 heavy (non-hydrogen) atoms. The molecule has 0 saturated carbocycles. The average Bonchev–Trinajstić information content (AvgIpc) is 2.74. The van der Waals surface area contributed by atoms with Gasteiger partial charge in [0.05, 0.1) is 0 Å². The Morgan fingerprint density at radius 1 is 0.941 bits per heavy atom. The van der Waals surface area contributed by atoms with Gasteiger partial charge in [-0.15, -0.1) is 12.4 Å². The zero-order chi connectivity index (χ0) is 11.6. The van der Waals surface area contributed by atoms with Gasteiger partial charge in [0.1, 0.15) is 0 Å². The van der Waals surface area contributed by atoms with E-state index >= 15 is 0 Å². The van der Waals surface area contributed by atoms with E-state index in [4.69, 9.17) is 0 Å². The molecule has 1 fully saturated rings. The van der Waals surface area contributed by atoms with Gasteiger partial charge in [0.2, 0.25) is 0 Å². The summed E-state index contributed by atoms with van der Waals surface area (Å²) < 4.78 is 0. The van der Waals surface area contributed by atoms with E-state index < -0.39 is 0 Å². The molecule has 1 nitrogen and oxygen atoms in total. The van der Waals surface area contributed by atoms with Crippen molar-refractivity contribution in [3.63, 3.8) is 0 Å². The molecule has 0 bridgehead atoms. The molecule has 1 aliphatic rings. The topological polar surface area (TPSA) is 3.24 Å². The average molecular weight is 262 g/mol. The molecule has 0 radical (unpaired) electrons. The Balaban J connectivity index is 0.00000256. The van der Waals surface area contributed by atoms with Crippen LogP contribution in [0.2, 0.25) is 0 Å². The molecule has 0 spiro atoms. The van der Waals surface area contributed by atoms with E-state index in [-0.39, 0.29) is 12.4 Å². The third-order valence-electron chi connectivity index (χ3n) is 3.91. The van der Waals surface area contributed by atoms with Crippen LogP contribution in [0.1, 0.15) is 71.6 Å². The summed E-state index contributed by atoms with van der Waals surface area (Å²) in [6.45, 7) is 8.74. The van der Waals surface area contributed by atoms with Crippen LogP contribution in [-0.4, -0.2) is 24.5 Å². The summed E-state index contributed by atoms with van der Waals surface area (Å²) in [6, 6.07) is 0. The van der Waals surface area contributed by atoms with Crippen molar-refractivity contribution in [1.82, 2.24) is 4.90 Å². The fourth-order valence-electron chi connectivity index (χ4n) is 2.78. The first-order valence-electron chi connectivity index (χ1n) is 7.59. The Labute approximate surface area is 115 Å². The maximum absolute atomic E-state index is 2.70. The summed E-state index contributed by atoms with van der Waals surface area (Å²) in [5, 5.41) is 0. The quantitative estimate of drug-likeness (QED) is 0.534. The highest BCUT2D eigenvalue weighted by atomic mass is 35.5. The maximum atomic E-state index is 2.70. The predicted molar refractivity (Wildman–Crippen MR) is 80.1 cm³/mol. The third kappa shape index (κ3) is 8.05. The van der Waals surface area contributed by atoms with E-state index in [2.05, 4.69) is 18.7 Å². The van der Waals surface area contributed by atoms with Crippen molar-refractivity contribution in [2.24, 2.45) is 5.92 Å². The van der Waals surface area contributed by atoms with Crippen molar-refractivity contribution >= 4 is 12.4 Å². The second kappa shape index (κ2) is 11.3. The van der Waals surface area contributed by atoms with Crippen molar-refractivity contribution < 1.29 is 0 Å². The molecule has 0 amide bonds. The lowest BCUT2D eigenvalue weighted by Gasteiger charge is -2.15. The summed E-state index contributed by atoms with van der Waals surface area (Å²) in [6.07, 6.45) is 12.9. The van der Waals surface area contributed by atoms with Crippen molar-refractivity contribution in [3.05, 3.63) is 0 Å². The number of nitrogens with zero attached hydrogens (tertiary/aromatic N) is 1. The molecule has 1 saturated heterocycles. The van der Waals surface area contributed by atoms with Crippen LogP contribution in [0.3, 0.4) is 0 Å². The fourth-order valence-corrected chi connectivity index (χ4v) is 2.78. The molecule has 0 N–H and O–H groups in total. The van der Waals surface area contributed by atoms with Crippen LogP contribution in [0, 0.1) is 5.92 Å². The third-order valence-corrected chi connectivity index (χ3v) is 3.91. The number of unbranched alkanes of at least 4 members (excludes halogenated alkanes) is 5. The van der Waals surface area contributed by atoms with Gasteiger partial charge < -0.3 is 4.90 Å². The molecular formula is C15H32ClN. The van der Waals surface area contributed by atoms with Gasteiger partial charge in [-0.3, -0.25) is 0 Å². The van der Waals surface area contributed by atoms with Gasteiger partial charge in [-0.05, 0) is 38.3 Å². The number of likely N-dealkylation sites (tertiary alicyclic amines) is 1. The number of hydrogen-bond acceptors (Lipinski definition) is 1. The van der Waals surface area contributed by atoms with Crippen LogP contribution >= 0.6 is 12.4 Å². The zero-order valence-electron chi connectivity index (χ0n) is 11.9. The van der Waals surface area contributed by atoms with E-state index in [1.807, 2.05) is 0 Å². The maximum Gasteiger partial charge on any atom is 0.00101 e. The van der Waals surface area contributed by atoms with Crippen molar-refractivity contribution in [1.29, 1.82) is 0 Å². The lowest BCUT2D eigenvalue weighted by atomic mass is 10.0. The molecule has 0 aromatic heterocycles. The minimum atomic E-state index is 0. The molecular weight excluding hydrogens is 230 g/mol. The van der Waals surface area contributed by atoms with Gasteiger partial charge in [-0.2, -0.15) is 0 Å². The standard InChI is InChI=1S/C15H31N.ClH/c1-3-5-7-8-9-12-16-13-11-15(14-16)10-6-4-2;/h15H,3-14H2,1-2H3;1H. The van der Waals surface area contributed by atoms with Crippen LogP contribution < -0.4 is 0 Å². The van der Waals surface area contributed by atoms with Crippen LogP contribution in [0.4, 0.5) is 0 Å². The summed E-state index contributed by atoms with van der Waals surface area (Å²) in [5.74, 6) is 1.02. The second-order valence-electron chi connectivity index (χ2n) is 5.51. The Bertz CT molecular complexity index is 161. The number of hydrogen-bond donors (Lipinski definition) is 0. The highest BCUT2D eigenvalue weighted by molar-refractivity contribution is 5.85. The van der Waals surface area contributed by atoms with Crippen molar-refractivity contribution in [2.75, 3.05) is 19.6 Å². The summed E-state index contributed by atoms with van der Waals surface area (Å²) in [4.78, 5) is 2.70. The number of rotatable bonds is 9. The summed E-state index contributed by atoms with van der Waals surface area (Å²) in [5.41, 5.74) is 0. The summed E-state index contributed by atoms with van der Waals surface area (Å²) in [7, 11) is 0. The van der Waals surface area contributed by atoms with Crippen LogP contribution in [0.5, 0.6) is 0 Å². The largest absolute Gasteiger partial charge is 0.303 e. The first-order chi connectivity index (χ1) is 7.86. The molecule has 104 valence electrons. The molecule has 1 rings (SSSR count). The lowest BCUT2D eigenvalue weighted by molar-refractivity contribution is 0.310. The lowest BCUT2D eigenvalue weighted by Crippen LogP contribution is -2.21. The smallest absolute Gasteiger partial charge is 0.00101 e. The Hall–Kier alpha value is 0.250. The fraction of sp³-hybridized carbons (Fsp3) is 1.00. The second-order valence-corrected chi connectivity index (χ2v) is 5.51. The number of halogens is 1. The minimum absolute atomic E-state index is 0. The monoisotopic (exact) mass is 261 g/mol. The first kappa shape index (κ1) is 17.2. The van der Waals surface area contributed by atoms with Crippen molar-refractivity contribution in [2.45, 2.75) is 71.6 Å². The molecule has 0 aromatic rings. The molecule has 1 atom stereocenters. The van der Waals surface area contributed by atoms with E-state index in [9.17, 15) is 0 Å².